The Labute approximate surface area is 117 Å². The van der Waals surface area contributed by atoms with E-state index in [4.69, 9.17) is 0 Å². The molecule has 2 aromatic carbocycles. The number of hydrogen-bond acceptors (Lipinski definition) is 2. The number of carboxylic acid groups (broad SMARTS) is 1. The zero-order valence-corrected chi connectivity index (χ0v) is 11.4. The summed E-state index contributed by atoms with van der Waals surface area (Å²) in [6.07, 6.45) is 0. The molecule has 0 amide bonds. The molecule has 0 aliphatic carbocycles. The summed E-state index contributed by atoms with van der Waals surface area (Å²) in [6.45, 7) is 3.69. The number of halogens is 1. The highest BCUT2D eigenvalue weighted by atomic mass is 19.1. The maximum Gasteiger partial charge on any atom is 0.330 e. The minimum absolute atomic E-state index is 0.388. The number of aliphatic carboxylic acids is 1. The molecule has 0 saturated heterocycles. The first-order chi connectivity index (χ1) is 9.45. The molecule has 0 saturated carbocycles. The number of hydrogen-bond donors (Lipinski definition) is 2. The molecule has 20 heavy (non-hydrogen) atoms. The molecule has 0 radical (unpaired) electrons. The molecular formula is C16H16FNO2. The van der Waals surface area contributed by atoms with Crippen LogP contribution >= 0.6 is 0 Å². The van der Waals surface area contributed by atoms with Gasteiger partial charge in [0.05, 0.1) is 0 Å². The van der Waals surface area contributed by atoms with Crippen molar-refractivity contribution in [2.75, 3.05) is 5.32 Å². The number of aryl methyl sites for hydroxylation is 2. The molecule has 0 aliphatic heterocycles. The molecule has 0 spiro atoms. The van der Waals surface area contributed by atoms with Crippen LogP contribution in [0.5, 0.6) is 0 Å². The van der Waals surface area contributed by atoms with E-state index < -0.39 is 12.0 Å². The lowest BCUT2D eigenvalue weighted by Crippen LogP contribution is -2.20. The Balaban J connectivity index is 2.30. The summed E-state index contributed by atoms with van der Waals surface area (Å²) in [5, 5.41) is 12.2. The highest BCUT2D eigenvalue weighted by Crippen LogP contribution is 2.22. The van der Waals surface area contributed by atoms with Gasteiger partial charge in [-0.25, -0.2) is 9.18 Å². The fraction of sp³-hybridized carbons (Fsp3) is 0.188. The van der Waals surface area contributed by atoms with Crippen LogP contribution in [0.4, 0.5) is 10.1 Å². The third kappa shape index (κ3) is 3.35. The van der Waals surface area contributed by atoms with E-state index in [1.807, 2.05) is 19.1 Å². The van der Waals surface area contributed by atoms with Crippen LogP contribution < -0.4 is 5.32 Å². The summed E-state index contributed by atoms with van der Waals surface area (Å²) in [6, 6.07) is 10.7. The van der Waals surface area contributed by atoms with Gasteiger partial charge in [0, 0.05) is 5.69 Å². The third-order valence-electron chi connectivity index (χ3n) is 3.01. The summed E-state index contributed by atoms with van der Waals surface area (Å²) >= 11 is 0. The van der Waals surface area contributed by atoms with Gasteiger partial charge in [0.25, 0.3) is 0 Å². The molecule has 1 unspecified atom stereocenters. The highest BCUT2D eigenvalue weighted by molar-refractivity contribution is 5.79. The average Bonchev–Trinajstić information content (AvgIpc) is 2.36. The highest BCUT2D eigenvalue weighted by Gasteiger charge is 2.19. The van der Waals surface area contributed by atoms with Crippen molar-refractivity contribution in [2.24, 2.45) is 0 Å². The molecule has 104 valence electrons. The van der Waals surface area contributed by atoms with Crippen molar-refractivity contribution in [3.63, 3.8) is 0 Å². The summed E-state index contributed by atoms with van der Waals surface area (Å²) in [5.74, 6) is -1.39. The fourth-order valence-corrected chi connectivity index (χ4v) is 2.03. The van der Waals surface area contributed by atoms with Crippen molar-refractivity contribution in [1.82, 2.24) is 0 Å². The predicted molar refractivity (Wildman–Crippen MR) is 76.3 cm³/mol. The van der Waals surface area contributed by atoms with Gasteiger partial charge in [-0.2, -0.15) is 0 Å². The number of nitrogens with one attached hydrogen (secondary N) is 1. The number of carboxylic acids is 1. The fourth-order valence-electron chi connectivity index (χ4n) is 2.03. The summed E-state index contributed by atoms with van der Waals surface area (Å²) < 4.78 is 13.3. The van der Waals surface area contributed by atoms with E-state index in [0.717, 1.165) is 11.1 Å². The smallest absolute Gasteiger partial charge is 0.330 e. The Morgan fingerprint density at radius 1 is 1.10 bits per heavy atom. The van der Waals surface area contributed by atoms with Crippen LogP contribution in [-0.4, -0.2) is 11.1 Å². The van der Waals surface area contributed by atoms with Gasteiger partial charge in [0.1, 0.15) is 5.82 Å². The molecule has 0 heterocycles. The molecule has 0 fully saturated rings. The van der Waals surface area contributed by atoms with Crippen molar-refractivity contribution < 1.29 is 14.3 Å². The van der Waals surface area contributed by atoms with Crippen molar-refractivity contribution in [3.8, 4) is 0 Å². The maximum atomic E-state index is 13.3. The Morgan fingerprint density at radius 2 is 1.75 bits per heavy atom. The summed E-state index contributed by atoms with van der Waals surface area (Å²) in [5.41, 5.74) is 2.88. The topological polar surface area (TPSA) is 49.3 Å². The second-order valence-corrected chi connectivity index (χ2v) is 4.84. The van der Waals surface area contributed by atoms with Crippen molar-refractivity contribution in [3.05, 3.63) is 65.0 Å². The van der Waals surface area contributed by atoms with Crippen molar-refractivity contribution in [1.29, 1.82) is 0 Å². The Morgan fingerprint density at radius 3 is 2.30 bits per heavy atom. The van der Waals surface area contributed by atoms with E-state index in [-0.39, 0.29) is 5.82 Å². The number of benzene rings is 2. The van der Waals surface area contributed by atoms with Gasteiger partial charge >= 0.3 is 5.97 Å². The Bertz CT molecular complexity index is 603. The molecule has 4 heteroatoms. The number of anilines is 1. The first-order valence-corrected chi connectivity index (χ1v) is 6.29. The first-order valence-electron chi connectivity index (χ1n) is 6.29. The standard InChI is InChI=1S/C16H16FNO2/c1-10-3-5-12(6-4-10)15(16(19)20)18-14-8-11(2)7-13(17)9-14/h3-9,15,18H,1-2H3,(H,19,20). The lowest BCUT2D eigenvalue weighted by molar-refractivity contribution is -0.138. The van der Waals surface area contributed by atoms with Gasteiger partial charge in [-0.15, -0.1) is 0 Å². The molecule has 0 aromatic heterocycles. The molecule has 1 atom stereocenters. The van der Waals surface area contributed by atoms with Crippen LogP contribution in [0.2, 0.25) is 0 Å². The summed E-state index contributed by atoms with van der Waals surface area (Å²) in [7, 11) is 0. The minimum Gasteiger partial charge on any atom is -0.479 e. The van der Waals surface area contributed by atoms with Crippen LogP contribution in [0, 0.1) is 19.7 Å². The van der Waals surface area contributed by atoms with Crippen molar-refractivity contribution in [2.45, 2.75) is 19.9 Å². The predicted octanol–water partition coefficient (Wildman–Crippen LogP) is 3.68. The first kappa shape index (κ1) is 14.1. The van der Waals surface area contributed by atoms with Crippen molar-refractivity contribution >= 4 is 11.7 Å². The minimum atomic E-state index is -1.00. The SMILES string of the molecule is Cc1ccc(C(Nc2cc(C)cc(F)c2)C(=O)O)cc1. The third-order valence-corrected chi connectivity index (χ3v) is 3.01. The van der Waals surface area contributed by atoms with Gasteiger partial charge in [0.15, 0.2) is 6.04 Å². The van der Waals surface area contributed by atoms with Crippen LogP contribution in [0.3, 0.4) is 0 Å². The Kier molecular flexibility index (Phi) is 4.03. The zero-order chi connectivity index (χ0) is 14.7. The van der Waals surface area contributed by atoms with Crippen LogP contribution in [-0.2, 0) is 4.79 Å². The van der Waals surface area contributed by atoms with E-state index in [2.05, 4.69) is 5.32 Å². The van der Waals surface area contributed by atoms with Gasteiger partial charge < -0.3 is 10.4 Å². The van der Waals surface area contributed by atoms with E-state index in [1.54, 1.807) is 25.1 Å². The van der Waals surface area contributed by atoms with Crippen LogP contribution in [0.1, 0.15) is 22.7 Å². The molecule has 0 aliphatic rings. The van der Waals surface area contributed by atoms with Crippen LogP contribution in [0.15, 0.2) is 42.5 Å². The molecule has 2 rings (SSSR count). The molecular weight excluding hydrogens is 257 g/mol. The largest absolute Gasteiger partial charge is 0.479 e. The maximum absolute atomic E-state index is 13.3. The lowest BCUT2D eigenvalue weighted by Gasteiger charge is -2.17. The van der Waals surface area contributed by atoms with E-state index in [0.29, 0.717) is 11.3 Å². The van der Waals surface area contributed by atoms with Gasteiger partial charge in [-0.1, -0.05) is 29.8 Å². The number of rotatable bonds is 4. The molecule has 2 N–H and O–H groups in total. The number of carbonyl (C=O) groups is 1. The molecule has 2 aromatic rings. The van der Waals surface area contributed by atoms with E-state index in [9.17, 15) is 14.3 Å². The van der Waals surface area contributed by atoms with E-state index >= 15 is 0 Å². The monoisotopic (exact) mass is 273 g/mol. The second kappa shape index (κ2) is 5.74. The molecule has 0 bridgehead atoms. The second-order valence-electron chi connectivity index (χ2n) is 4.84. The lowest BCUT2D eigenvalue weighted by atomic mass is 10.0. The molecule has 3 nitrogen and oxygen atoms in total. The Hall–Kier alpha value is -2.36. The van der Waals surface area contributed by atoms with Gasteiger partial charge in [-0.3, -0.25) is 0 Å². The summed E-state index contributed by atoms with van der Waals surface area (Å²) in [4.78, 5) is 11.4. The quantitative estimate of drug-likeness (QED) is 0.893. The average molecular weight is 273 g/mol. The van der Waals surface area contributed by atoms with Gasteiger partial charge in [0.2, 0.25) is 0 Å². The van der Waals surface area contributed by atoms with Gasteiger partial charge in [-0.05, 0) is 43.2 Å². The van der Waals surface area contributed by atoms with E-state index in [1.165, 1.54) is 12.1 Å². The van der Waals surface area contributed by atoms with Crippen LogP contribution in [0.25, 0.3) is 0 Å². The normalized spacial score (nSPS) is 11.9. The zero-order valence-electron chi connectivity index (χ0n) is 11.4.